The first-order chi connectivity index (χ1) is 13.2. The van der Waals surface area contributed by atoms with Crippen molar-refractivity contribution < 1.29 is 4.79 Å². The highest BCUT2D eigenvalue weighted by Gasteiger charge is 2.38. The number of nitrogens with one attached hydrogen (secondary N) is 2. The summed E-state index contributed by atoms with van der Waals surface area (Å²) >= 11 is 0. The number of rotatable bonds is 2. The molecule has 2 aliphatic rings. The fraction of sp³-hybridized carbons (Fsp3) is 0.190. The highest BCUT2D eigenvalue weighted by atomic mass is 16.1. The molecule has 0 unspecified atom stereocenters. The number of hydrogen-bond donors (Lipinski definition) is 2. The molecule has 3 heterocycles. The van der Waals surface area contributed by atoms with Gasteiger partial charge in [0.25, 0.3) is 5.56 Å². The van der Waals surface area contributed by atoms with E-state index in [1.807, 2.05) is 42.5 Å². The Kier molecular flexibility index (Phi) is 3.57. The number of nitrogens with zero attached hydrogens (tertiary/aromatic N) is 2. The largest absolute Gasteiger partial charge is 0.343 e. The summed E-state index contributed by atoms with van der Waals surface area (Å²) in [5.74, 6) is 0.368. The van der Waals surface area contributed by atoms with Crippen LogP contribution in [0.1, 0.15) is 36.3 Å². The van der Waals surface area contributed by atoms with Crippen LogP contribution in [0.5, 0.6) is 0 Å². The predicted octanol–water partition coefficient (Wildman–Crippen LogP) is 3.13. The number of aromatic nitrogens is 3. The number of carbonyl (C=O) groups excluding carboxylic acids is 1. The standard InChI is InChI=1S/C21H18N4O2/c26-16-10-4-9-15-18(16)17(13-6-5-11-22-12-13)19-20(23-15)24-25(21(19)27)14-7-2-1-3-8-14/h1-3,5-8,11-12,17,23-24H,4,9-10H2/t17-/m1/s1. The van der Waals surface area contributed by atoms with Gasteiger partial charge >= 0.3 is 0 Å². The second-order valence-corrected chi connectivity index (χ2v) is 6.89. The van der Waals surface area contributed by atoms with Gasteiger partial charge in [-0.15, -0.1) is 0 Å². The van der Waals surface area contributed by atoms with Crippen molar-refractivity contribution in [1.82, 2.24) is 14.8 Å². The molecule has 0 amide bonds. The van der Waals surface area contributed by atoms with E-state index >= 15 is 0 Å². The molecule has 0 spiro atoms. The van der Waals surface area contributed by atoms with Gasteiger partial charge in [0, 0.05) is 36.0 Å². The number of anilines is 1. The van der Waals surface area contributed by atoms with Crippen LogP contribution in [0.25, 0.3) is 5.69 Å². The van der Waals surface area contributed by atoms with Crippen LogP contribution < -0.4 is 10.9 Å². The lowest BCUT2D eigenvalue weighted by Crippen LogP contribution is -2.29. The summed E-state index contributed by atoms with van der Waals surface area (Å²) in [5.41, 5.74) is 3.66. The van der Waals surface area contributed by atoms with Gasteiger partial charge < -0.3 is 5.32 Å². The van der Waals surface area contributed by atoms with E-state index in [1.54, 1.807) is 12.4 Å². The summed E-state index contributed by atoms with van der Waals surface area (Å²) < 4.78 is 1.53. The molecule has 27 heavy (non-hydrogen) atoms. The Balaban J connectivity index is 1.75. The molecule has 0 fully saturated rings. The monoisotopic (exact) mass is 358 g/mol. The van der Waals surface area contributed by atoms with E-state index in [1.165, 1.54) is 4.68 Å². The van der Waals surface area contributed by atoms with Crippen molar-refractivity contribution in [1.29, 1.82) is 0 Å². The predicted molar refractivity (Wildman–Crippen MR) is 102 cm³/mol. The molecule has 1 aromatic carbocycles. The molecule has 3 aromatic rings. The van der Waals surface area contributed by atoms with Crippen LogP contribution in [0, 0.1) is 0 Å². The number of para-hydroxylation sites is 1. The number of aromatic amines is 1. The quantitative estimate of drug-likeness (QED) is 0.738. The molecular formula is C21H18N4O2. The third-order valence-corrected chi connectivity index (χ3v) is 5.27. The minimum absolute atomic E-state index is 0.107. The maximum Gasteiger partial charge on any atom is 0.277 e. The number of fused-ring (bicyclic) bond motifs is 1. The zero-order valence-corrected chi connectivity index (χ0v) is 14.6. The van der Waals surface area contributed by atoms with Crippen molar-refractivity contribution in [2.24, 2.45) is 0 Å². The van der Waals surface area contributed by atoms with E-state index in [2.05, 4.69) is 15.4 Å². The van der Waals surface area contributed by atoms with Gasteiger partial charge in [0.15, 0.2) is 5.78 Å². The fourth-order valence-corrected chi connectivity index (χ4v) is 4.08. The van der Waals surface area contributed by atoms with Crippen LogP contribution in [0.2, 0.25) is 0 Å². The summed E-state index contributed by atoms with van der Waals surface area (Å²) in [6, 6.07) is 13.2. The van der Waals surface area contributed by atoms with Crippen LogP contribution in [0.15, 0.2) is 70.9 Å². The van der Waals surface area contributed by atoms with Gasteiger partial charge in [-0.05, 0) is 36.6 Å². The van der Waals surface area contributed by atoms with Gasteiger partial charge in [0.05, 0.1) is 11.3 Å². The van der Waals surface area contributed by atoms with Gasteiger partial charge in [-0.3, -0.25) is 19.7 Å². The number of hydrogen-bond acceptors (Lipinski definition) is 4. The average molecular weight is 358 g/mol. The fourth-order valence-electron chi connectivity index (χ4n) is 4.08. The van der Waals surface area contributed by atoms with E-state index < -0.39 is 5.92 Å². The van der Waals surface area contributed by atoms with Crippen LogP contribution >= 0.6 is 0 Å². The summed E-state index contributed by atoms with van der Waals surface area (Å²) in [5, 5.41) is 6.52. The van der Waals surface area contributed by atoms with Gasteiger partial charge in [0.2, 0.25) is 0 Å². The van der Waals surface area contributed by atoms with Crippen LogP contribution in [-0.2, 0) is 4.79 Å². The first-order valence-corrected chi connectivity index (χ1v) is 9.07. The van der Waals surface area contributed by atoms with Crippen molar-refractivity contribution in [3.05, 3.63) is 87.6 Å². The van der Waals surface area contributed by atoms with Crippen molar-refractivity contribution >= 4 is 11.6 Å². The smallest absolute Gasteiger partial charge is 0.277 e. The lowest BCUT2D eigenvalue weighted by atomic mass is 9.77. The third kappa shape index (κ3) is 2.44. The Morgan fingerprint density at radius 3 is 2.67 bits per heavy atom. The first kappa shape index (κ1) is 15.8. The molecule has 1 aliphatic heterocycles. The first-order valence-electron chi connectivity index (χ1n) is 9.07. The Morgan fingerprint density at radius 1 is 1.04 bits per heavy atom. The van der Waals surface area contributed by atoms with Gasteiger partial charge in [0.1, 0.15) is 5.82 Å². The normalized spacial score (nSPS) is 18.7. The van der Waals surface area contributed by atoms with Gasteiger partial charge in [-0.2, -0.15) is 0 Å². The van der Waals surface area contributed by atoms with Crippen LogP contribution in [-0.4, -0.2) is 20.5 Å². The van der Waals surface area contributed by atoms with Gasteiger partial charge in [-0.1, -0.05) is 24.3 Å². The molecule has 0 radical (unpaired) electrons. The summed E-state index contributed by atoms with van der Waals surface area (Å²) in [6.07, 6.45) is 5.58. The van der Waals surface area contributed by atoms with E-state index in [0.717, 1.165) is 29.8 Å². The Bertz CT molecular complexity index is 1110. The molecule has 1 aliphatic carbocycles. The number of pyridine rings is 1. The molecule has 2 aromatic heterocycles. The molecule has 5 rings (SSSR count). The van der Waals surface area contributed by atoms with E-state index in [0.29, 0.717) is 23.4 Å². The summed E-state index contributed by atoms with van der Waals surface area (Å²) in [4.78, 5) is 30.3. The minimum atomic E-state index is -0.397. The Labute approximate surface area is 155 Å². The molecule has 0 saturated heterocycles. The van der Waals surface area contributed by atoms with Gasteiger partial charge in [-0.25, -0.2) is 4.68 Å². The number of carbonyl (C=O) groups is 1. The van der Waals surface area contributed by atoms with E-state index in [4.69, 9.17) is 0 Å². The number of Topliss-reactive ketones (excluding diaryl/α,β-unsaturated/α-hetero) is 1. The summed E-state index contributed by atoms with van der Waals surface area (Å²) in [6.45, 7) is 0. The highest BCUT2D eigenvalue weighted by Crippen LogP contribution is 2.43. The summed E-state index contributed by atoms with van der Waals surface area (Å²) in [7, 11) is 0. The second-order valence-electron chi connectivity index (χ2n) is 6.89. The molecule has 0 saturated carbocycles. The minimum Gasteiger partial charge on any atom is -0.343 e. The number of allylic oxidation sites excluding steroid dienone is 2. The third-order valence-electron chi connectivity index (χ3n) is 5.27. The molecule has 6 nitrogen and oxygen atoms in total. The topological polar surface area (TPSA) is 79.8 Å². The molecular weight excluding hydrogens is 340 g/mol. The SMILES string of the molecule is O=C1CCCC2=C1[C@@H](c1cccnc1)c1c([nH]n(-c3ccccc3)c1=O)N2. The Morgan fingerprint density at radius 2 is 1.89 bits per heavy atom. The molecule has 1 atom stereocenters. The van der Waals surface area contributed by atoms with E-state index in [9.17, 15) is 9.59 Å². The molecule has 6 heteroatoms. The van der Waals surface area contributed by atoms with Crippen LogP contribution in [0.4, 0.5) is 5.82 Å². The number of ketones is 1. The van der Waals surface area contributed by atoms with Crippen LogP contribution in [0.3, 0.4) is 0 Å². The van der Waals surface area contributed by atoms with E-state index in [-0.39, 0.29) is 11.3 Å². The maximum absolute atomic E-state index is 13.3. The average Bonchev–Trinajstić information content (AvgIpc) is 3.04. The lowest BCUT2D eigenvalue weighted by molar-refractivity contribution is -0.116. The van der Waals surface area contributed by atoms with Crippen molar-refractivity contribution in [3.63, 3.8) is 0 Å². The molecule has 134 valence electrons. The molecule has 2 N–H and O–H groups in total. The Hall–Kier alpha value is -3.41. The number of benzene rings is 1. The molecule has 0 bridgehead atoms. The second kappa shape index (κ2) is 6.09. The lowest BCUT2D eigenvalue weighted by Gasteiger charge is -2.31. The zero-order valence-electron chi connectivity index (χ0n) is 14.6. The van der Waals surface area contributed by atoms with Crippen molar-refractivity contribution in [2.45, 2.75) is 25.2 Å². The maximum atomic E-state index is 13.3. The van der Waals surface area contributed by atoms with Crippen molar-refractivity contribution in [2.75, 3.05) is 5.32 Å². The number of H-pyrrole nitrogens is 1. The van der Waals surface area contributed by atoms with Crippen molar-refractivity contribution in [3.8, 4) is 5.69 Å². The highest BCUT2D eigenvalue weighted by molar-refractivity contribution is 6.00. The zero-order chi connectivity index (χ0) is 18.4.